The maximum Gasteiger partial charge on any atom is 0.246 e. The number of aryl methyl sites for hydroxylation is 3. The fourth-order valence-corrected chi connectivity index (χ4v) is 3.23. The molecule has 0 saturated carbocycles. The minimum absolute atomic E-state index is 0.0440. The van der Waals surface area contributed by atoms with Gasteiger partial charge in [-0.3, -0.25) is 14.5 Å². The van der Waals surface area contributed by atoms with Crippen LogP contribution in [0.1, 0.15) is 35.6 Å². The molecule has 0 bridgehead atoms. The zero-order chi connectivity index (χ0) is 19.1. The van der Waals surface area contributed by atoms with Crippen LogP contribution in [-0.4, -0.2) is 60.9 Å². The van der Waals surface area contributed by atoms with Crippen molar-refractivity contribution in [1.29, 1.82) is 0 Å². The van der Waals surface area contributed by atoms with Gasteiger partial charge in [-0.25, -0.2) is 0 Å². The van der Waals surface area contributed by atoms with Gasteiger partial charge in [0.25, 0.3) is 0 Å². The molecule has 0 unspecified atom stereocenters. The second-order valence-corrected chi connectivity index (χ2v) is 7.03. The summed E-state index contributed by atoms with van der Waals surface area (Å²) in [6.07, 6.45) is 4.49. The number of hydrogen-bond acceptors (Lipinski definition) is 3. The van der Waals surface area contributed by atoms with E-state index in [0.717, 1.165) is 31.6 Å². The number of benzene rings is 1. The molecule has 0 atom stereocenters. The zero-order valence-electron chi connectivity index (χ0n) is 16.5. The second-order valence-electron chi connectivity index (χ2n) is 7.03. The van der Waals surface area contributed by atoms with Crippen molar-refractivity contribution in [2.75, 3.05) is 39.3 Å². The van der Waals surface area contributed by atoms with Crippen molar-refractivity contribution in [2.45, 2.75) is 34.1 Å². The fraction of sp³-hybridized carbons (Fsp3) is 0.524. The minimum Gasteiger partial charge on any atom is -0.355 e. The molecule has 2 amide bonds. The molecule has 2 rings (SSSR count). The largest absolute Gasteiger partial charge is 0.355 e. The molecule has 1 fully saturated rings. The lowest BCUT2D eigenvalue weighted by Gasteiger charge is -2.20. The molecule has 1 heterocycles. The van der Waals surface area contributed by atoms with Crippen LogP contribution in [0.25, 0.3) is 6.08 Å². The molecule has 0 spiro atoms. The maximum atomic E-state index is 12.6. The van der Waals surface area contributed by atoms with Crippen LogP contribution in [0.4, 0.5) is 0 Å². The third kappa shape index (κ3) is 5.70. The Hall–Kier alpha value is -2.14. The van der Waals surface area contributed by atoms with Crippen LogP contribution in [0.2, 0.25) is 0 Å². The highest BCUT2D eigenvalue weighted by atomic mass is 16.2. The van der Waals surface area contributed by atoms with Crippen LogP contribution in [0, 0.1) is 20.8 Å². The molecular weight excluding hydrogens is 326 g/mol. The van der Waals surface area contributed by atoms with Gasteiger partial charge in [-0.05, 0) is 62.4 Å². The van der Waals surface area contributed by atoms with Crippen LogP contribution in [0.3, 0.4) is 0 Å². The Morgan fingerprint density at radius 3 is 2.50 bits per heavy atom. The summed E-state index contributed by atoms with van der Waals surface area (Å²) in [5.41, 5.74) is 4.78. The van der Waals surface area contributed by atoms with E-state index in [1.165, 1.54) is 16.7 Å². The van der Waals surface area contributed by atoms with E-state index in [2.05, 4.69) is 43.1 Å². The van der Waals surface area contributed by atoms with Crippen LogP contribution in [0.5, 0.6) is 0 Å². The van der Waals surface area contributed by atoms with Gasteiger partial charge in [0, 0.05) is 38.8 Å². The quantitative estimate of drug-likeness (QED) is 0.823. The number of amides is 2. The Labute approximate surface area is 157 Å². The summed E-state index contributed by atoms with van der Waals surface area (Å²) in [4.78, 5) is 28.3. The number of rotatable bonds is 5. The normalized spacial score (nSPS) is 15.9. The molecule has 5 nitrogen and oxygen atoms in total. The van der Waals surface area contributed by atoms with Crippen molar-refractivity contribution < 1.29 is 9.59 Å². The molecule has 26 heavy (non-hydrogen) atoms. The number of nitrogens with zero attached hydrogens (tertiary/aromatic N) is 2. The van der Waals surface area contributed by atoms with E-state index in [-0.39, 0.29) is 11.8 Å². The Bertz CT molecular complexity index is 682. The Morgan fingerprint density at radius 1 is 1.04 bits per heavy atom. The molecule has 1 aliphatic heterocycles. The first-order valence-electron chi connectivity index (χ1n) is 9.44. The van der Waals surface area contributed by atoms with Gasteiger partial charge in [-0.1, -0.05) is 12.1 Å². The van der Waals surface area contributed by atoms with Gasteiger partial charge in [-0.2, -0.15) is 0 Å². The van der Waals surface area contributed by atoms with Crippen LogP contribution in [0.15, 0.2) is 18.2 Å². The molecular formula is C21H31N3O2. The van der Waals surface area contributed by atoms with Crippen LogP contribution in [-0.2, 0) is 9.59 Å². The SMILES string of the molecule is CCNC(=O)CN1CCCN(C(=O)/C=C/c2cc(C)c(C)cc2C)CC1. The molecule has 5 heteroatoms. The number of carbonyl (C=O) groups is 2. The first-order chi connectivity index (χ1) is 12.4. The van der Waals surface area contributed by atoms with Crippen molar-refractivity contribution in [3.8, 4) is 0 Å². The summed E-state index contributed by atoms with van der Waals surface area (Å²) in [6.45, 7) is 12.2. The van der Waals surface area contributed by atoms with Gasteiger partial charge < -0.3 is 10.2 Å². The highest BCUT2D eigenvalue weighted by Crippen LogP contribution is 2.17. The van der Waals surface area contributed by atoms with Gasteiger partial charge in [0.2, 0.25) is 11.8 Å². The van der Waals surface area contributed by atoms with E-state index in [1.54, 1.807) is 6.08 Å². The topological polar surface area (TPSA) is 52.7 Å². The van der Waals surface area contributed by atoms with Gasteiger partial charge in [0.1, 0.15) is 0 Å². The zero-order valence-corrected chi connectivity index (χ0v) is 16.5. The molecule has 0 radical (unpaired) electrons. The number of likely N-dealkylation sites (N-methyl/N-ethyl adjacent to an activating group) is 1. The predicted octanol–water partition coefficient (Wildman–Crippen LogP) is 2.30. The summed E-state index contributed by atoms with van der Waals surface area (Å²) >= 11 is 0. The number of hydrogen-bond donors (Lipinski definition) is 1. The van der Waals surface area contributed by atoms with E-state index < -0.39 is 0 Å². The lowest BCUT2D eigenvalue weighted by atomic mass is 10.0. The monoisotopic (exact) mass is 357 g/mol. The number of carbonyl (C=O) groups excluding carboxylic acids is 2. The van der Waals surface area contributed by atoms with Gasteiger partial charge in [0.05, 0.1) is 6.54 Å². The molecule has 1 N–H and O–H groups in total. The van der Waals surface area contributed by atoms with Crippen molar-refractivity contribution >= 4 is 17.9 Å². The summed E-state index contributed by atoms with van der Waals surface area (Å²) in [6, 6.07) is 4.29. The predicted molar refractivity (Wildman–Crippen MR) is 106 cm³/mol. The fourth-order valence-electron chi connectivity index (χ4n) is 3.23. The lowest BCUT2D eigenvalue weighted by molar-refractivity contribution is -0.125. The third-order valence-electron chi connectivity index (χ3n) is 4.93. The van der Waals surface area contributed by atoms with Gasteiger partial charge >= 0.3 is 0 Å². The average Bonchev–Trinajstić information content (AvgIpc) is 2.82. The second kappa shape index (κ2) is 9.53. The smallest absolute Gasteiger partial charge is 0.246 e. The first-order valence-corrected chi connectivity index (χ1v) is 9.44. The van der Waals surface area contributed by atoms with Crippen molar-refractivity contribution in [1.82, 2.24) is 15.1 Å². The Balaban J connectivity index is 1.94. The summed E-state index contributed by atoms with van der Waals surface area (Å²) < 4.78 is 0. The van der Waals surface area contributed by atoms with E-state index >= 15 is 0 Å². The summed E-state index contributed by atoms with van der Waals surface area (Å²) in [7, 11) is 0. The van der Waals surface area contributed by atoms with Crippen molar-refractivity contribution in [3.63, 3.8) is 0 Å². The third-order valence-corrected chi connectivity index (χ3v) is 4.93. The van der Waals surface area contributed by atoms with Crippen molar-refractivity contribution in [2.24, 2.45) is 0 Å². The molecule has 0 aromatic heterocycles. The standard InChI is InChI=1S/C21H31N3O2/c1-5-22-20(25)15-23-9-6-10-24(12-11-23)21(26)8-7-19-14-17(3)16(2)13-18(19)4/h7-8,13-14H,5-6,9-12,15H2,1-4H3,(H,22,25)/b8-7+. The van der Waals surface area contributed by atoms with Crippen molar-refractivity contribution in [3.05, 3.63) is 40.5 Å². The van der Waals surface area contributed by atoms with Crippen LogP contribution < -0.4 is 5.32 Å². The van der Waals surface area contributed by atoms with E-state index in [4.69, 9.17) is 0 Å². The molecule has 0 aliphatic carbocycles. The highest BCUT2D eigenvalue weighted by molar-refractivity contribution is 5.92. The van der Waals surface area contributed by atoms with E-state index in [1.807, 2.05) is 17.9 Å². The maximum absolute atomic E-state index is 12.6. The molecule has 1 aliphatic rings. The van der Waals surface area contributed by atoms with E-state index in [9.17, 15) is 9.59 Å². The first kappa shape index (κ1) is 20.2. The van der Waals surface area contributed by atoms with E-state index in [0.29, 0.717) is 19.6 Å². The minimum atomic E-state index is 0.0440. The highest BCUT2D eigenvalue weighted by Gasteiger charge is 2.19. The molecule has 1 saturated heterocycles. The molecule has 142 valence electrons. The van der Waals surface area contributed by atoms with Crippen LogP contribution >= 0.6 is 0 Å². The summed E-state index contributed by atoms with van der Waals surface area (Å²) in [5.74, 6) is 0.0971. The Morgan fingerprint density at radius 2 is 1.77 bits per heavy atom. The summed E-state index contributed by atoms with van der Waals surface area (Å²) in [5, 5.41) is 2.83. The number of nitrogens with one attached hydrogen (secondary N) is 1. The molecule has 1 aromatic carbocycles. The van der Waals surface area contributed by atoms with Gasteiger partial charge in [0.15, 0.2) is 0 Å². The van der Waals surface area contributed by atoms with Gasteiger partial charge in [-0.15, -0.1) is 0 Å². The lowest BCUT2D eigenvalue weighted by Crippen LogP contribution is -2.39. The average molecular weight is 357 g/mol. The molecule has 1 aromatic rings. The Kier molecular flexibility index (Phi) is 7.39.